The minimum absolute atomic E-state index is 0.325. The SMILES string of the molecule is Fc1cc2c(c(-c3ccc[nH]3)c1)OCCO2. The molecule has 0 aliphatic carbocycles. The fourth-order valence-corrected chi connectivity index (χ4v) is 1.82. The lowest BCUT2D eigenvalue weighted by atomic mass is 10.1. The quantitative estimate of drug-likeness (QED) is 0.799. The topological polar surface area (TPSA) is 34.2 Å². The predicted molar refractivity (Wildman–Crippen MR) is 57.2 cm³/mol. The minimum Gasteiger partial charge on any atom is -0.486 e. The van der Waals surface area contributed by atoms with E-state index in [2.05, 4.69) is 4.98 Å². The Kier molecular flexibility index (Phi) is 2.06. The molecule has 1 aliphatic heterocycles. The number of nitrogens with one attached hydrogen (secondary N) is 1. The van der Waals surface area contributed by atoms with Gasteiger partial charge in [-0.3, -0.25) is 0 Å². The number of H-pyrrole nitrogens is 1. The number of fused-ring (bicyclic) bond motifs is 1. The Hall–Kier alpha value is -1.97. The van der Waals surface area contributed by atoms with Crippen LogP contribution in [0.3, 0.4) is 0 Å². The Morgan fingerprint density at radius 1 is 1.19 bits per heavy atom. The molecule has 0 atom stereocenters. The van der Waals surface area contributed by atoms with E-state index in [1.807, 2.05) is 12.1 Å². The molecule has 1 aliphatic rings. The van der Waals surface area contributed by atoms with Gasteiger partial charge in [0.25, 0.3) is 0 Å². The normalized spacial score (nSPS) is 13.8. The number of hydrogen-bond acceptors (Lipinski definition) is 2. The predicted octanol–water partition coefficient (Wildman–Crippen LogP) is 2.59. The summed E-state index contributed by atoms with van der Waals surface area (Å²) in [5.41, 5.74) is 1.51. The minimum atomic E-state index is -0.325. The van der Waals surface area contributed by atoms with Gasteiger partial charge in [0.05, 0.1) is 0 Å². The van der Waals surface area contributed by atoms with Gasteiger partial charge in [0.2, 0.25) is 0 Å². The van der Waals surface area contributed by atoms with Crippen LogP contribution < -0.4 is 9.47 Å². The van der Waals surface area contributed by atoms with Crippen LogP contribution in [0, 0.1) is 5.82 Å². The molecular formula is C12H10FNO2. The highest BCUT2D eigenvalue weighted by atomic mass is 19.1. The van der Waals surface area contributed by atoms with E-state index in [1.54, 1.807) is 6.20 Å². The van der Waals surface area contributed by atoms with E-state index in [0.29, 0.717) is 30.3 Å². The van der Waals surface area contributed by atoms with Crippen LogP contribution in [0.25, 0.3) is 11.3 Å². The molecule has 0 saturated heterocycles. The van der Waals surface area contributed by atoms with Crippen LogP contribution >= 0.6 is 0 Å². The van der Waals surface area contributed by atoms with Gasteiger partial charge in [-0.15, -0.1) is 0 Å². The van der Waals surface area contributed by atoms with E-state index in [4.69, 9.17) is 9.47 Å². The van der Waals surface area contributed by atoms with E-state index in [-0.39, 0.29) is 5.82 Å². The molecular weight excluding hydrogens is 209 g/mol. The number of benzene rings is 1. The highest BCUT2D eigenvalue weighted by molar-refractivity contribution is 5.71. The maximum atomic E-state index is 13.4. The van der Waals surface area contributed by atoms with Gasteiger partial charge in [-0.05, 0) is 18.2 Å². The van der Waals surface area contributed by atoms with E-state index >= 15 is 0 Å². The lowest BCUT2D eigenvalue weighted by Crippen LogP contribution is -2.16. The Morgan fingerprint density at radius 3 is 2.88 bits per heavy atom. The Morgan fingerprint density at radius 2 is 2.06 bits per heavy atom. The lowest BCUT2D eigenvalue weighted by Gasteiger charge is -2.20. The van der Waals surface area contributed by atoms with Crippen LogP contribution in [-0.4, -0.2) is 18.2 Å². The molecule has 0 saturated carbocycles. The summed E-state index contributed by atoms with van der Waals surface area (Å²) < 4.78 is 24.3. The molecule has 16 heavy (non-hydrogen) atoms. The third-order valence-corrected chi connectivity index (χ3v) is 2.50. The van der Waals surface area contributed by atoms with E-state index in [0.717, 1.165) is 5.69 Å². The molecule has 0 radical (unpaired) electrons. The van der Waals surface area contributed by atoms with Crippen molar-refractivity contribution in [1.29, 1.82) is 0 Å². The zero-order chi connectivity index (χ0) is 11.0. The molecule has 1 aromatic carbocycles. The third kappa shape index (κ3) is 1.43. The van der Waals surface area contributed by atoms with Gasteiger partial charge in [0.15, 0.2) is 11.5 Å². The lowest BCUT2D eigenvalue weighted by molar-refractivity contribution is 0.171. The van der Waals surface area contributed by atoms with E-state index < -0.39 is 0 Å². The smallest absolute Gasteiger partial charge is 0.170 e. The zero-order valence-corrected chi connectivity index (χ0v) is 8.50. The summed E-state index contributed by atoms with van der Waals surface area (Å²) in [7, 11) is 0. The maximum Gasteiger partial charge on any atom is 0.170 e. The van der Waals surface area contributed by atoms with Gasteiger partial charge in [-0.2, -0.15) is 0 Å². The highest BCUT2D eigenvalue weighted by Crippen LogP contribution is 2.40. The second kappa shape index (κ2) is 3.56. The number of hydrogen-bond donors (Lipinski definition) is 1. The first-order valence-corrected chi connectivity index (χ1v) is 5.07. The molecule has 3 rings (SSSR count). The van der Waals surface area contributed by atoms with Gasteiger partial charge in [0.1, 0.15) is 19.0 Å². The van der Waals surface area contributed by atoms with Crippen LogP contribution in [0.4, 0.5) is 4.39 Å². The van der Waals surface area contributed by atoms with Crippen molar-refractivity contribution < 1.29 is 13.9 Å². The largest absolute Gasteiger partial charge is 0.486 e. The monoisotopic (exact) mass is 219 g/mol. The Labute approximate surface area is 91.8 Å². The molecule has 0 unspecified atom stereocenters. The van der Waals surface area contributed by atoms with Crippen LogP contribution in [0.1, 0.15) is 0 Å². The summed E-state index contributed by atoms with van der Waals surface area (Å²) in [6, 6.07) is 6.52. The van der Waals surface area contributed by atoms with Crippen molar-refractivity contribution in [2.24, 2.45) is 0 Å². The fourth-order valence-electron chi connectivity index (χ4n) is 1.82. The molecule has 0 amide bonds. The highest BCUT2D eigenvalue weighted by Gasteiger charge is 2.19. The molecule has 0 spiro atoms. The summed E-state index contributed by atoms with van der Waals surface area (Å²) in [4.78, 5) is 3.03. The second-order valence-corrected chi connectivity index (χ2v) is 3.56. The van der Waals surface area contributed by atoms with Gasteiger partial charge in [0, 0.05) is 23.5 Å². The van der Waals surface area contributed by atoms with Crippen molar-refractivity contribution in [3.05, 3.63) is 36.3 Å². The van der Waals surface area contributed by atoms with Gasteiger partial charge >= 0.3 is 0 Å². The van der Waals surface area contributed by atoms with E-state index in [1.165, 1.54) is 12.1 Å². The zero-order valence-electron chi connectivity index (χ0n) is 8.50. The third-order valence-electron chi connectivity index (χ3n) is 2.50. The average molecular weight is 219 g/mol. The first-order valence-electron chi connectivity index (χ1n) is 5.07. The van der Waals surface area contributed by atoms with Crippen molar-refractivity contribution in [3.8, 4) is 22.8 Å². The fraction of sp³-hybridized carbons (Fsp3) is 0.167. The average Bonchev–Trinajstić information content (AvgIpc) is 2.81. The molecule has 3 nitrogen and oxygen atoms in total. The van der Waals surface area contributed by atoms with Gasteiger partial charge < -0.3 is 14.5 Å². The summed E-state index contributed by atoms with van der Waals surface area (Å²) in [5.74, 6) is 0.750. The van der Waals surface area contributed by atoms with Crippen molar-refractivity contribution in [2.45, 2.75) is 0 Å². The molecule has 1 N–H and O–H groups in total. The Bertz CT molecular complexity index is 508. The molecule has 0 bridgehead atoms. The van der Waals surface area contributed by atoms with Crippen LogP contribution in [0.2, 0.25) is 0 Å². The van der Waals surface area contributed by atoms with Gasteiger partial charge in [-0.1, -0.05) is 0 Å². The first kappa shape index (κ1) is 9.27. The van der Waals surface area contributed by atoms with Crippen LogP contribution in [0.15, 0.2) is 30.5 Å². The van der Waals surface area contributed by atoms with Gasteiger partial charge in [-0.25, -0.2) is 4.39 Å². The molecule has 4 heteroatoms. The summed E-state index contributed by atoms with van der Waals surface area (Å²) >= 11 is 0. The van der Waals surface area contributed by atoms with Crippen molar-refractivity contribution in [2.75, 3.05) is 13.2 Å². The maximum absolute atomic E-state index is 13.4. The number of rotatable bonds is 1. The molecule has 2 heterocycles. The summed E-state index contributed by atoms with van der Waals surface area (Å²) in [6.07, 6.45) is 1.79. The van der Waals surface area contributed by atoms with Crippen molar-refractivity contribution in [1.82, 2.24) is 4.98 Å². The van der Waals surface area contributed by atoms with Crippen LogP contribution in [0.5, 0.6) is 11.5 Å². The molecule has 1 aromatic heterocycles. The van der Waals surface area contributed by atoms with Crippen molar-refractivity contribution in [3.63, 3.8) is 0 Å². The van der Waals surface area contributed by atoms with E-state index in [9.17, 15) is 4.39 Å². The van der Waals surface area contributed by atoms with Crippen molar-refractivity contribution >= 4 is 0 Å². The summed E-state index contributed by atoms with van der Waals surface area (Å²) in [6.45, 7) is 0.951. The second-order valence-electron chi connectivity index (χ2n) is 3.56. The van der Waals surface area contributed by atoms with Crippen LogP contribution in [-0.2, 0) is 0 Å². The Balaban J connectivity index is 2.20. The summed E-state index contributed by atoms with van der Waals surface area (Å²) in [5, 5.41) is 0. The number of aromatic nitrogens is 1. The number of ether oxygens (including phenoxy) is 2. The first-order chi connectivity index (χ1) is 7.84. The number of aromatic amines is 1. The molecule has 2 aromatic rings. The standard InChI is InChI=1S/C12H10FNO2/c13-8-6-9(10-2-1-3-14-10)12-11(7-8)15-4-5-16-12/h1-3,6-7,14H,4-5H2. The number of halogens is 1. The molecule has 0 fully saturated rings. The molecule has 82 valence electrons.